The lowest BCUT2D eigenvalue weighted by atomic mass is 10.5. The minimum Gasteiger partial charge on any atom is -0.383 e. The Hall–Kier alpha value is -1.01. The molecule has 16 heavy (non-hydrogen) atoms. The molecule has 0 bridgehead atoms. The van der Waals surface area contributed by atoms with Gasteiger partial charge in [0.2, 0.25) is 5.95 Å². The molecular formula is C10H19N5S. The van der Waals surface area contributed by atoms with E-state index < -0.39 is 0 Å². The minimum atomic E-state index is 0.241. The predicted octanol–water partition coefficient (Wildman–Crippen LogP) is 1.07. The largest absolute Gasteiger partial charge is 0.383 e. The summed E-state index contributed by atoms with van der Waals surface area (Å²) in [4.78, 5) is 10.3. The lowest BCUT2D eigenvalue weighted by Crippen LogP contribution is -2.25. The van der Waals surface area contributed by atoms with E-state index in [1.807, 2.05) is 0 Å². The topological polar surface area (TPSA) is 81.1 Å². The molecule has 90 valence electrons. The zero-order chi connectivity index (χ0) is 12.0. The van der Waals surface area contributed by atoms with E-state index in [-0.39, 0.29) is 5.95 Å². The van der Waals surface area contributed by atoms with Crippen molar-refractivity contribution in [3.63, 3.8) is 0 Å². The summed E-state index contributed by atoms with van der Waals surface area (Å²) in [5, 5.41) is 0.845. The van der Waals surface area contributed by atoms with Gasteiger partial charge in [0, 0.05) is 18.4 Å². The maximum absolute atomic E-state index is 5.59. The number of hydrogen-bond acceptors (Lipinski definition) is 6. The van der Waals surface area contributed by atoms with Crippen molar-refractivity contribution in [2.24, 2.45) is 0 Å². The lowest BCUT2D eigenvalue weighted by molar-refractivity contribution is 0.324. The average Bonchev–Trinajstić information content (AvgIpc) is 2.23. The number of nitrogen functional groups attached to an aromatic ring is 2. The van der Waals surface area contributed by atoms with Crippen molar-refractivity contribution in [3.05, 3.63) is 6.07 Å². The molecule has 0 saturated heterocycles. The van der Waals surface area contributed by atoms with Crippen LogP contribution in [0.5, 0.6) is 0 Å². The van der Waals surface area contributed by atoms with Crippen LogP contribution < -0.4 is 11.5 Å². The van der Waals surface area contributed by atoms with Crippen LogP contribution in [-0.2, 0) is 0 Å². The van der Waals surface area contributed by atoms with Gasteiger partial charge in [-0.15, -0.1) is 11.8 Å². The van der Waals surface area contributed by atoms with Crippen molar-refractivity contribution < 1.29 is 0 Å². The van der Waals surface area contributed by atoms with Gasteiger partial charge in [0.25, 0.3) is 0 Å². The zero-order valence-corrected chi connectivity index (χ0v) is 10.6. The smallest absolute Gasteiger partial charge is 0.223 e. The van der Waals surface area contributed by atoms with Crippen molar-refractivity contribution in [1.29, 1.82) is 0 Å². The van der Waals surface area contributed by atoms with Crippen LogP contribution in [0, 0.1) is 0 Å². The second kappa shape index (κ2) is 6.55. The fourth-order valence-corrected chi connectivity index (χ4v) is 2.28. The Kier molecular flexibility index (Phi) is 5.34. The van der Waals surface area contributed by atoms with E-state index in [4.69, 9.17) is 11.5 Å². The molecule has 1 heterocycles. The van der Waals surface area contributed by atoms with Crippen LogP contribution in [0.25, 0.3) is 0 Å². The molecule has 0 aliphatic heterocycles. The first-order valence-electron chi connectivity index (χ1n) is 5.40. The first kappa shape index (κ1) is 13.1. The van der Waals surface area contributed by atoms with E-state index in [1.165, 1.54) is 0 Å². The van der Waals surface area contributed by atoms with Crippen molar-refractivity contribution in [1.82, 2.24) is 14.9 Å². The number of anilines is 2. The lowest BCUT2D eigenvalue weighted by Gasteiger charge is -2.17. The highest BCUT2D eigenvalue weighted by Gasteiger charge is 2.02. The molecule has 0 aliphatic carbocycles. The highest BCUT2D eigenvalue weighted by atomic mass is 32.2. The van der Waals surface area contributed by atoms with Gasteiger partial charge in [-0.05, 0) is 13.1 Å². The summed E-state index contributed by atoms with van der Waals surface area (Å²) in [7, 11) is 0. The molecule has 4 N–H and O–H groups in total. The molecule has 0 unspecified atom stereocenters. The first-order chi connectivity index (χ1) is 7.65. The number of thioether (sulfide) groups is 1. The Balaban J connectivity index is 2.42. The number of aromatic nitrogens is 2. The summed E-state index contributed by atoms with van der Waals surface area (Å²) in [6.07, 6.45) is 0. The second-order valence-electron chi connectivity index (χ2n) is 3.36. The molecule has 0 spiro atoms. The van der Waals surface area contributed by atoms with Gasteiger partial charge in [0.1, 0.15) is 10.8 Å². The van der Waals surface area contributed by atoms with E-state index in [0.717, 1.165) is 30.4 Å². The average molecular weight is 241 g/mol. The number of nitrogens with zero attached hydrogens (tertiary/aromatic N) is 3. The fraction of sp³-hybridized carbons (Fsp3) is 0.600. The number of rotatable bonds is 6. The molecule has 1 rings (SSSR count). The number of hydrogen-bond donors (Lipinski definition) is 2. The summed E-state index contributed by atoms with van der Waals surface area (Å²) < 4.78 is 0. The standard InChI is InChI=1S/C10H19N5S/c1-3-15(4-2)5-6-16-9-7-8(11)13-10(12)14-9/h7H,3-6H2,1-2H3,(H4,11,12,13,14). The summed E-state index contributed by atoms with van der Waals surface area (Å²) in [5.41, 5.74) is 11.1. The third kappa shape index (κ3) is 4.24. The zero-order valence-electron chi connectivity index (χ0n) is 9.81. The minimum absolute atomic E-state index is 0.241. The molecule has 0 aromatic carbocycles. The number of nitrogens with two attached hydrogens (primary N) is 2. The Morgan fingerprint density at radius 3 is 2.50 bits per heavy atom. The van der Waals surface area contributed by atoms with Crippen LogP contribution in [0.2, 0.25) is 0 Å². The maximum atomic E-state index is 5.59. The van der Waals surface area contributed by atoms with E-state index in [1.54, 1.807) is 17.8 Å². The van der Waals surface area contributed by atoms with Crippen molar-refractivity contribution >= 4 is 23.5 Å². The van der Waals surface area contributed by atoms with Crippen molar-refractivity contribution in [2.75, 3.05) is 36.9 Å². The third-order valence-corrected chi connectivity index (χ3v) is 3.18. The van der Waals surface area contributed by atoms with E-state index in [0.29, 0.717) is 5.82 Å². The fourth-order valence-electron chi connectivity index (χ4n) is 1.35. The van der Waals surface area contributed by atoms with Crippen LogP contribution >= 0.6 is 11.8 Å². The van der Waals surface area contributed by atoms with Crippen LogP contribution in [0.15, 0.2) is 11.1 Å². The Morgan fingerprint density at radius 1 is 1.25 bits per heavy atom. The molecule has 0 aliphatic rings. The van der Waals surface area contributed by atoms with Gasteiger partial charge in [-0.25, -0.2) is 4.98 Å². The summed E-state index contributed by atoms with van der Waals surface area (Å²) >= 11 is 1.66. The molecule has 1 aromatic rings. The highest BCUT2D eigenvalue weighted by Crippen LogP contribution is 2.17. The monoisotopic (exact) mass is 241 g/mol. The first-order valence-corrected chi connectivity index (χ1v) is 6.39. The predicted molar refractivity (Wildman–Crippen MR) is 69.4 cm³/mol. The molecular weight excluding hydrogens is 222 g/mol. The van der Waals surface area contributed by atoms with Crippen LogP contribution in [0.1, 0.15) is 13.8 Å². The Labute approximate surface area is 101 Å². The SMILES string of the molecule is CCN(CC)CCSc1cc(N)nc(N)n1. The molecule has 0 amide bonds. The van der Waals surface area contributed by atoms with E-state index in [2.05, 4.69) is 28.7 Å². The molecule has 0 atom stereocenters. The summed E-state index contributed by atoms with van der Waals surface area (Å²) in [5.74, 6) is 1.65. The quantitative estimate of drug-likeness (QED) is 0.573. The van der Waals surface area contributed by atoms with Gasteiger partial charge in [0.05, 0.1) is 0 Å². The van der Waals surface area contributed by atoms with Crippen LogP contribution in [0.3, 0.4) is 0 Å². The normalized spacial score (nSPS) is 10.9. The van der Waals surface area contributed by atoms with Gasteiger partial charge < -0.3 is 16.4 Å². The van der Waals surface area contributed by atoms with E-state index in [9.17, 15) is 0 Å². The Morgan fingerprint density at radius 2 is 1.94 bits per heavy atom. The second-order valence-corrected chi connectivity index (χ2v) is 4.48. The van der Waals surface area contributed by atoms with Gasteiger partial charge in [-0.2, -0.15) is 4.98 Å². The summed E-state index contributed by atoms with van der Waals surface area (Å²) in [6.45, 7) is 7.52. The van der Waals surface area contributed by atoms with Crippen molar-refractivity contribution in [2.45, 2.75) is 18.9 Å². The van der Waals surface area contributed by atoms with Gasteiger partial charge in [-0.1, -0.05) is 13.8 Å². The molecule has 0 radical (unpaired) electrons. The Bertz CT molecular complexity index is 307. The molecule has 5 nitrogen and oxygen atoms in total. The van der Waals surface area contributed by atoms with Crippen LogP contribution in [-0.4, -0.2) is 40.3 Å². The van der Waals surface area contributed by atoms with Crippen molar-refractivity contribution in [3.8, 4) is 0 Å². The maximum Gasteiger partial charge on any atom is 0.223 e. The molecule has 1 aromatic heterocycles. The molecule has 6 heteroatoms. The van der Waals surface area contributed by atoms with Crippen LogP contribution in [0.4, 0.5) is 11.8 Å². The molecule has 0 saturated carbocycles. The van der Waals surface area contributed by atoms with Gasteiger partial charge >= 0.3 is 0 Å². The van der Waals surface area contributed by atoms with Gasteiger partial charge in [-0.3, -0.25) is 0 Å². The highest BCUT2D eigenvalue weighted by molar-refractivity contribution is 7.99. The summed E-state index contributed by atoms with van der Waals surface area (Å²) in [6, 6.07) is 1.75. The van der Waals surface area contributed by atoms with E-state index >= 15 is 0 Å². The third-order valence-electron chi connectivity index (χ3n) is 2.29. The molecule has 0 fully saturated rings. The van der Waals surface area contributed by atoms with Gasteiger partial charge in [0.15, 0.2) is 0 Å².